The van der Waals surface area contributed by atoms with Gasteiger partial charge >= 0.3 is 0 Å². The number of nitrogens with one attached hydrogen (secondary N) is 1. The van der Waals surface area contributed by atoms with Gasteiger partial charge in [-0.05, 0) is 22.9 Å². The molecule has 0 unspecified atom stereocenters. The van der Waals surface area contributed by atoms with E-state index in [1.165, 1.54) is 4.68 Å². The van der Waals surface area contributed by atoms with Gasteiger partial charge in [0.25, 0.3) is 5.91 Å². The van der Waals surface area contributed by atoms with E-state index in [1.807, 2.05) is 6.92 Å². The molecule has 0 atom stereocenters. The van der Waals surface area contributed by atoms with Crippen molar-refractivity contribution in [3.8, 4) is 0 Å². The molecule has 0 aliphatic heterocycles. The van der Waals surface area contributed by atoms with E-state index in [4.69, 9.17) is 0 Å². The Morgan fingerprint density at radius 3 is 2.92 bits per heavy atom. The summed E-state index contributed by atoms with van der Waals surface area (Å²) >= 11 is 3.19. The summed E-state index contributed by atoms with van der Waals surface area (Å²) in [6.45, 7) is 2.50. The van der Waals surface area contributed by atoms with Crippen molar-refractivity contribution in [2.24, 2.45) is 7.05 Å². The zero-order valence-corrected chi connectivity index (χ0v) is 8.55. The number of aryl methyl sites for hydroxylation is 1. The highest BCUT2D eigenvalue weighted by Crippen LogP contribution is 2.08. The van der Waals surface area contributed by atoms with Crippen LogP contribution in [0.4, 0.5) is 0 Å². The van der Waals surface area contributed by atoms with Gasteiger partial charge in [-0.25, -0.2) is 0 Å². The van der Waals surface area contributed by atoms with E-state index in [9.17, 15) is 4.79 Å². The highest BCUT2D eigenvalue weighted by Gasteiger charge is 2.10. The Hall–Kier alpha value is -0.840. The number of halogens is 1. The van der Waals surface area contributed by atoms with Crippen molar-refractivity contribution in [2.75, 3.05) is 6.54 Å². The van der Waals surface area contributed by atoms with E-state index in [2.05, 4.69) is 26.3 Å². The molecule has 0 bridgehead atoms. The zero-order chi connectivity index (χ0) is 9.14. The average Bonchev–Trinajstić information content (AvgIpc) is 2.30. The minimum Gasteiger partial charge on any atom is -0.351 e. The maximum absolute atomic E-state index is 11.3. The van der Waals surface area contributed by atoms with Gasteiger partial charge in [0.05, 0.1) is 0 Å². The monoisotopic (exact) mass is 231 g/mol. The molecule has 0 saturated heterocycles. The minimum absolute atomic E-state index is 0.0989. The average molecular weight is 232 g/mol. The van der Waals surface area contributed by atoms with E-state index in [0.29, 0.717) is 16.8 Å². The number of aromatic nitrogens is 2. The highest BCUT2D eigenvalue weighted by atomic mass is 79.9. The van der Waals surface area contributed by atoms with E-state index in [1.54, 1.807) is 13.1 Å². The third-order valence-corrected chi connectivity index (χ3v) is 1.81. The first-order chi connectivity index (χ1) is 5.65. The van der Waals surface area contributed by atoms with Crippen molar-refractivity contribution in [1.29, 1.82) is 0 Å². The van der Waals surface area contributed by atoms with Gasteiger partial charge in [0.2, 0.25) is 0 Å². The molecular weight excluding hydrogens is 222 g/mol. The molecular formula is C7H10BrN3O. The number of hydrogen-bond donors (Lipinski definition) is 1. The second-order valence-electron chi connectivity index (χ2n) is 2.34. The van der Waals surface area contributed by atoms with Crippen LogP contribution in [0, 0.1) is 0 Å². The SMILES string of the molecule is CCNC(=O)c1cc(Br)nn1C. The Kier molecular flexibility index (Phi) is 2.86. The van der Waals surface area contributed by atoms with Gasteiger partial charge in [-0.3, -0.25) is 9.48 Å². The number of nitrogens with zero attached hydrogens (tertiary/aromatic N) is 2. The van der Waals surface area contributed by atoms with Crippen molar-refractivity contribution in [3.63, 3.8) is 0 Å². The number of carbonyl (C=O) groups excluding carboxylic acids is 1. The lowest BCUT2D eigenvalue weighted by Crippen LogP contribution is -2.24. The normalized spacial score (nSPS) is 9.92. The van der Waals surface area contributed by atoms with Crippen LogP contribution in [0.5, 0.6) is 0 Å². The summed E-state index contributed by atoms with van der Waals surface area (Å²) in [5.41, 5.74) is 0.559. The Morgan fingerprint density at radius 2 is 2.50 bits per heavy atom. The van der Waals surface area contributed by atoms with Crippen LogP contribution in [0.2, 0.25) is 0 Å². The smallest absolute Gasteiger partial charge is 0.269 e. The predicted octanol–water partition coefficient (Wildman–Crippen LogP) is 0.932. The van der Waals surface area contributed by atoms with Crippen molar-refractivity contribution in [1.82, 2.24) is 15.1 Å². The molecule has 12 heavy (non-hydrogen) atoms. The largest absolute Gasteiger partial charge is 0.351 e. The van der Waals surface area contributed by atoms with Crippen molar-refractivity contribution in [2.45, 2.75) is 6.92 Å². The van der Waals surface area contributed by atoms with Crippen molar-refractivity contribution < 1.29 is 4.79 Å². The number of hydrogen-bond acceptors (Lipinski definition) is 2. The molecule has 0 aliphatic rings. The second-order valence-corrected chi connectivity index (χ2v) is 3.15. The van der Waals surface area contributed by atoms with Gasteiger partial charge in [0, 0.05) is 19.7 Å². The quantitative estimate of drug-likeness (QED) is 0.824. The van der Waals surface area contributed by atoms with Gasteiger partial charge < -0.3 is 5.32 Å². The van der Waals surface area contributed by atoms with E-state index >= 15 is 0 Å². The fraction of sp³-hybridized carbons (Fsp3) is 0.429. The van der Waals surface area contributed by atoms with Gasteiger partial charge in [-0.1, -0.05) is 0 Å². The molecule has 0 fully saturated rings. The zero-order valence-electron chi connectivity index (χ0n) is 6.97. The Balaban J connectivity index is 2.87. The van der Waals surface area contributed by atoms with Crippen LogP contribution in [0.1, 0.15) is 17.4 Å². The van der Waals surface area contributed by atoms with Crippen LogP contribution in [0.15, 0.2) is 10.7 Å². The summed E-state index contributed by atoms with van der Waals surface area (Å²) in [5.74, 6) is -0.0989. The van der Waals surface area contributed by atoms with Crippen LogP contribution < -0.4 is 5.32 Å². The first-order valence-corrected chi connectivity index (χ1v) is 4.42. The number of carbonyl (C=O) groups is 1. The van der Waals surface area contributed by atoms with Gasteiger partial charge in [0.1, 0.15) is 10.3 Å². The number of amides is 1. The highest BCUT2D eigenvalue weighted by molar-refractivity contribution is 9.10. The van der Waals surface area contributed by atoms with Gasteiger partial charge in [0.15, 0.2) is 0 Å². The van der Waals surface area contributed by atoms with Crippen molar-refractivity contribution >= 4 is 21.8 Å². The molecule has 66 valence electrons. The first kappa shape index (κ1) is 9.25. The second kappa shape index (κ2) is 3.71. The molecule has 1 N–H and O–H groups in total. The van der Waals surface area contributed by atoms with Gasteiger partial charge in [-0.2, -0.15) is 5.10 Å². The molecule has 0 aromatic carbocycles. The first-order valence-electron chi connectivity index (χ1n) is 3.63. The molecule has 5 heteroatoms. The standard InChI is InChI=1S/C7H10BrN3O/c1-3-9-7(12)5-4-6(8)10-11(5)2/h4H,3H2,1-2H3,(H,9,12). The van der Waals surface area contributed by atoms with E-state index < -0.39 is 0 Å². The maximum Gasteiger partial charge on any atom is 0.269 e. The summed E-state index contributed by atoms with van der Waals surface area (Å²) < 4.78 is 2.21. The number of rotatable bonds is 2. The third kappa shape index (κ3) is 1.85. The van der Waals surface area contributed by atoms with E-state index in [0.717, 1.165) is 0 Å². The molecule has 0 saturated carbocycles. The summed E-state index contributed by atoms with van der Waals surface area (Å²) in [6, 6.07) is 1.69. The topological polar surface area (TPSA) is 46.9 Å². The lowest BCUT2D eigenvalue weighted by molar-refractivity contribution is 0.0946. The molecule has 1 aromatic heterocycles. The van der Waals surface area contributed by atoms with Crippen LogP contribution in [-0.4, -0.2) is 22.2 Å². The fourth-order valence-electron chi connectivity index (χ4n) is 0.896. The Bertz CT molecular complexity index is 295. The van der Waals surface area contributed by atoms with E-state index in [-0.39, 0.29) is 5.91 Å². The summed E-state index contributed by atoms with van der Waals surface area (Å²) in [6.07, 6.45) is 0. The van der Waals surface area contributed by atoms with Crippen LogP contribution in [0.25, 0.3) is 0 Å². The molecule has 1 heterocycles. The molecule has 0 spiro atoms. The summed E-state index contributed by atoms with van der Waals surface area (Å²) in [7, 11) is 1.73. The van der Waals surface area contributed by atoms with Crippen LogP contribution in [0.3, 0.4) is 0 Å². The maximum atomic E-state index is 11.3. The molecule has 0 radical (unpaired) electrons. The molecule has 1 amide bonds. The van der Waals surface area contributed by atoms with Crippen LogP contribution >= 0.6 is 15.9 Å². The Labute approximate surface area is 79.1 Å². The predicted molar refractivity (Wildman–Crippen MR) is 48.9 cm³/mol. The summed E-state index contributed by atoms with van der Waals surface area (Å²) in [5, 5.41) is 6.68. The van der Waals surface area contributed by atoms with Crippen LogP contribution in [-0.2, 0) is 7.05 Å². The Morgan fingerprint density at radius 1 is 1.83 bits per heavy atom. The van der Waals surface area contributed by atoms with Gasteiger partial charge in [-0.15, -0.1) is 0 Å². The molecule has 1 aromatic rings. The molecule has 0 aliphatic carbocycles. The molecule has 1 rings (SSSR count). The minimum atomic E-state index is -0.0989. The molecule has 4 nitrogen and oxygen atoms in total. The summed E-state index contributed by atoms with van der Waals surface area (Å²) in [4.78, 5) is 11.3. The third-order valence-electron chi connectivity index (χ3n) is 1.42. The van der Waals surface area contributed by atoms with Crippen molar-refractivity contribution in [3.05, 3.63) is 16.4 Å². The lowest BCUT2D eigenvalue weighted by atomic mass is 10.4. The lowest BCUT2D eigenvalue weighted by Gasteiger charge is -2.00. The fourth-order valence-corrected chi connectivity index (χ4v) is 1.35.